The fourth-order valence-electron chi connectivity index (χ4n) is 1.65. The average Bonchev–Trinajstić information content (AvgIpc) is 2.45. The summed E-state index contributed by atoms with van der Waals surface area (Å²) in [4.78, 5) is 35.3. The summed E-state index contributed by atoms with van der Waals surface area (Å²) in [5.41, 5.74) is 5.09. The second-order valence-corrected chi connectivity index (χ2v) is 4.60. The molecular weight excluding hydrogens is 274 g/mol. The molecule has 0 fully saturated rings. The van der Waals surface area contributed by atoms with Gasteiger partial charge in [-0.15, -0.1) is 0 Å². The monoisotopic (exact) mass is 293 g/mol. The van der Waals surface area contributed by atoms with E-state index >= 15 is 0 Å². The normalized spacial score (nSPS) is 10.2. The van der Waals surface area contributed by atoms with E-state index in [-0.39, 0.29) is 18.9 Å². The third-order valence-corrected chi connectivity index (χ3v) is 2.70. The second-order valence-electron chi connectivity index (χ2n) is 4.60. The smallest absolute Gasteiger partial charge is 0.303 e. The molecule has 1 rings (SSSR count). The number of carbonyl (C=O) groups is 3. The van der Waals surface area contributed by atoms with E-state index in [0.29, 0.717) is 18.5 Å². The van der Waals surface area contributed by atoms with Crippen molar-refractivity contribution < 1.29 is 19.5 Å². The number of likely N-dealkylation sites (N-methyl/N-ethyl adjacent to an activating group) is 1. The Bertz CT molecular complexity index is 490. The first-order valence-corrected chi connectivity index (χ1v) is 6.53. The number of nitrogens with zero attached hydrogens (tertiary/aromatic N) is 1. The molecule has 0 aliphatic rings. The van der Waals surface area contributed by atoms with Crippen LogP contribution in [0, 0.1) is 0 Å². The molecule has 1 aromatic carbocycles. The lowest BCUT2D eigenvalue weighted by molar-refractivity contribution is -0.137. The van der Waals surface area contributed by atoms with Crippen molar-refractivity contribution in [1.29, 1.82) is 0 Å². The number of rotatable bonds is 7. The molecular formula is C14H19N3O4. The van der Waals surface area contributed by atoms with Crippen LogP contribution in [0.5, 0.6) is 0 Å². The van der Waals surface area contributed by atoms with E-state index in [1.54, 1.807) is 42.3 Å². The zero-order chi connectivity index (χ0) is 15.7. The van der Waals surface area contributed by atoms with Crippen molar-refractivity contribution in [3.8, 4) is 0 Å². The Hall–Kier alpha value is -2.41. The van der Waals surface area contributed by atoms with Crippen LogP contribution in [-0.4, -0.2) is 47.9 Å². The maximum atomic E-state index is 11.7. The molecule has 3 N–H and O–H groups in total. The fraction of sp³-hybridized carbons (Fsp3) is 0.357. The Labute approximate surface area is 122 Å². The minimum atomic E-state index is -0.858. The molecule has 0 spiro atoms. The summed E-state index contributed by atoms with van der Waals surface area (Å²) in [7, 11) is 1.71. The van der Waals surface area contributed by atoms with Gasteiger partial charge in [0.2, 0.25) is 0 Å². The van der Waals surface area contributed by atoms with Gasteiger partial charge in [-0.2, -0.15) is 0 Å². The second kappa shape index (κ2) is 8.70. The molecule has 0 saturated carbocycles. The van der Waals surface area contributed by atoms with Crippen LogP contribution in [0.4, 0.5) is 0 Å². The molecule has 114 valence electrons. The van der Waals surface area contributed by atoms with Crippen molar-refractivity contribution in [3.05, 3.63) is 35.9 Å². The maximum absolute atomic E-state index is 11.7. The van der Waals surface area contributed by atoms with E-state index in [1.807, 2.05) is 0 Å². The summed E-state index contributed by atoms with van der Waals surface area (Å²) in [6.07, 6.45) is 0.534. The Morgan fingerprint density at radius 1 is 1.14 bits per heavy atom. The van der Waals surface area contributed by atoms with Gasteiger partial charge in [-0.25, -0.2) is 0 Å². The van der Waals surface area contributed by atoms with E-state index in [0.717, 1.165) is 0 Å². The molecule has 0 bridgehead atoms. The van der Waals surface area contributed by atoms with Gasteiger partial charge in [0.15, 0.2) is 0 Å². The summed E-state index contributed by atoms with van der Waals surface area (Å²) < 4.78 is 0. The zero-order valence-corrected chi connectivity index (χ0v) is 11.8. The number of carboxylic acids is 1. The van der Waals surface area contributed by atoms with Crippen LogP contribution in [0.3, 0.4) is 0 Å². The standard InChI is InChI=1S/C14H19N3O4/c1-17(9-5-8-13(19)20)10-12(18)15-16-14(21)11-6-3-2-4-7-11/h2-4,6-7H,5,8-10H2,1H3,(H,15,18)(H,16,21)(H,19,20). The van der Waals surface area contributed by atoms with Gasteiger partial charge in [0.1, 0.15) is 0 Å². The van der Waals surface area contributed by atoms with Crippen molar-refractivity contribution in [3.63, 3.8) is 0 Å². The fourth-order valence-corrected chi connectivity index (χ4v) is 1.65. The molecule has 0 aliphatic carbocycles. The Kier molecular flexibility index (Phi) is 6.90. The molecule has 0 heterocycles. The average molecular weight is 293 g/mol. The van der Waals surface area contributed by atoms with Gasteiger partial charge in [0.05, 0.1) is 6.54 Å². The Morgan fingerprint density at radius 3 is 2.43 bits per heavy atom. The van der Waals surface area contributed by atoms with Crippen molar-refractivity contribution in [2.45, 2.75) is 12.8 Å². The van der Waals surface area contributed by atoms with Crippen LogP contribution in [0.2, 0.25) is 0 Å². The first-order valence-electron chi connectivity index (χ1n) is 6.53. The highest BCUT2D eigenvalue weighted by atomic mass is 16.4. The minimum Gasteiger partial charge on any atom is -0.481 e. The van der Waals surface area contributed by atoms with E-state index < -0.39 is 11.9 Å². The van der Waals surface area contributed by atoms with Crippen molar-refractivity contribution in [2.24, 2.45) is 0 Å². The van der Waals surface area contributed by atoms with Gasteiger partial charge in [0, 0.05) is 12.0 Å². The van der Waals surface area contributed by atoms with Crippen LogP contribution >= 0.6 is 0 Å². The largest absolute Gasteiger partial charge is 0.481 e. The predicted octanol–water partition coefficient (Wildman–Crippen LogP) is 0.244. The molecule has 7 nitrogen and oxygen atoms in total. The van der Waals surface area contributed by atoms with Crippen LogP contribution in [-0.2, 0) is 9.59 Å². The number of carboxylic acid groups (broad SMARTS) is 1. The summed E-state index contributed by atoms with van der Waals surface area (Å²) in [5.74, 6) is -1.61. The van der Waals surface area contributed by atoms with Gasteiger partial charge in [-0.05, 0) is 32.1 Å². The number of amides is 2. The molecule has 0 unspecified atom stereocenters. The highest BCUT2D eigenvalue weighted by molar-refractivity contribution is 5.95. The molecule has 0 aromatic heterocycles. The van der Waals surface area contributed by atoms with Gasteiger partial charge >= 0.3 is 5.97 Å². The zero-order valence-electron chi connectivity index (χ0n) is 11.8. The van der Waals surface area contributed by atoms with E-state index in [9.17, 15) is 14.4 Å². The maximum Gasteiger partial charge on any atom is 0.303 e. The SMILES string of the molecule is CN(CCCC(=O)O)CC(=O)NNC(=O)c1ccccc1. The van der Waals surface area contributed by atoms with Crippen LogP contribution in [0.1, 0.15) is 23.2 Å². The molecule has 0 atom stereocenters. The molecule has 21 heavy (non-hydrogen) atoms. The molecule has 1 aromatic rings. The lowest BCUT2D eigenvalue weighted by Gasteiger charge is -2.15. The number of hydrazine groups is 1. The Morgan fingerprint density at radius 2 is 1.81 bits per heavy atom. The summed E-state index contributed by atoms with van der Waals surface area (Å²) >= 11 is 0. The van der Waals surface area contributed by atoms with Gasteiger partial charge in [0.25, 0.3) is 11.8 Å². The van der Waals surface area contributed by atoms with Gasteiger partial charge in [-0.3, -0.25) is 30.1 Å². The molecule has 0 radical (unpaired) electrons. The van der Waals surface area contributed by atoms with Crippen LogP contribution in [0.15, 0.2) is 30.3 Å². The van der Waals surface area contributed by atoms with E-state index in [4.69, 9.17) is 5.11 Å². The lowest BCUT2D eigenvalue weighted by atomic mass is 10.2. The number of nitrogens with one attached hydrogen (secondary N) is 2. The number of aliphatic carboxylic acids is 1. The van der Waals surface area contributed by atoms with Gasteiger partial charge < -0.3 is 5.11 Å². The molecule has 0 aliphatic heterocycles. The van der Waals surface area contributed by atoms with Crippen molar-refractivity contribution in [2.75, 3.05) is 20.1 Å². The number of hydrogen-bond acceptors (Lipinski definition) is 4. The third-order valence-electron chi connectivity index (χ3n) is 2.70. The van der Waals surface area contributed by atoms with Crippen molar-refractivity contribution >= 4 is 17.8 Å². The van der Waals surface area contributed by atoms with Crippen molar-refractivity contribution in [1.82, 2.24) is 15.8 Å². The highest BCUT2D eigenvalue weighted by Gasteiger charge is 2.09. The highest BCUT2D eigenvalue weighted by Crippen LogP contribution is 1.97. The predicted molar refractivity (Wildman–Crippen MR) is 76.4 cm³/mol. The number of benzene rings is 1. The Balaban J connectivity index is 2.24. The number of hydrogen-bond donors (Lipinski definition) is 3. The molecule has 7 heteroatoms. The van der Waals surface area contributed by atoms with E-state index in [1.165, 1.54) is 0 Å². The molecule has 2 amide bonds. The third kappa shape index (κ3) is 7.07. The van der Waals surface area contributed by atoms with Crippen LogP contribution in [0.25, 0.3) is 0 Å². The molecule has 0 saturated heterocycles. The first-order chi connectivity index (χ1) is 9.99. The summed E-state index contributed by atoms with van der Waals surface area (Å²) in [6, 6.07) is 8.53. The lowest BCUT2D eigenvalue weighted by Crippen LogP contribution is -2.45. The number of carbonyl (C=O) groups excluding carboxylic acids is 2. The quantitative estimate of drug-likeness (QED) is 0.626. The summed E-state index contributed by atoms with van der Waals surface area (Å²) in [6.45, 7) is 0.570. The van der Waals surface area contributed by atoms with Gasteiger partial charge in [-0.1, -0.05) is 18.2 Å². The van der Waals surface area contributed by atoms with E-state index in [2.05, 4.69) is 10.9 Å². The minimum absolute atomic E-state index is 0.0662. The first kappa shape index (κ1) is 16.6. The van der Waals surface area contributed by atoms with Crippen LogP contribution < -0.4 is 10.9 Å². The topological polar surface area (TPSA) is 98.7 Å². The summed E-state index contributed by atoms with van der Waals surface area (Å²) in [5, 5.41) is 8.52.